The van der Waals surface area contributed by atoms with Gasteiger partial charge in [0.25, 0.3) is 0 Å². The topological polar surface area (TPSA) is 71.3 Å². The minimum atomic E-state index is -3.64. The molecule has 1 aliphatic heterocycles. The maximum atomic E-state index is 13.3. The number of anilines is 1. The van der Waals surface area contributed by atoms with Crippen LogP contribution < -0.4 is 4.90 Å². The molecule has 1 aliphatic rings. The number of hydrogen-bond acceptors (Lipinski definition) is 5. The number of sulfonamides is 1. The molecule has 0 unspecified atom stereocenters. The Balaban J connectivity index is 1.76. The Kier molecular flexibility index (Phi) is 3.96. The maximum absolute atomic E-state index is 13.3. The summed E-state index contributed by atoms with van der Waals surface area (Å²) in [5.74, 6) is 0. The first-order valence-corrected chi connectivity index (χ1v) is 9.90. The Morgan fingerprint density at radius 3 is 2.69 bits per heavy atom. The van der Waals surface area contributed by atoms with Gasteiger partial charge in [-0.15, -0.1) is 0 Å². The molecule has 0 N–H and O–H groups in total. The van der Waals surface area contributed by atoms with Gasteiger partial charge in [0.2, 0.25) is 10.0 Å². The van der Waals surface area contributed by atoms with Gasteiger partial charge < -0.3 is 4.90 Å². The second-order valence-corrected chi connectivity index (χ2v) is 8.58. The summed E-state index contributed by atoms with van der Waals surface area (Å²) in [4.78, 5) is 6.64. The molecule has 136 valence electrons. The molecule has 2 aromatic heterocycles. The Morgan fingerprint density at radius 1 is 1.12 bits per heavy atom. The van der Waals surface area contributed by atoms with E-state index in [0.717, 1.165) is 22.3 Å². The number of hydrogen-bond donors (Lipinski definition) is 0. The predicted molar refractivity (Wildman–Crippen MR) is 101 cm³/mol. The molecule has 0 amide bonds. The Bertz CT molecular complexity index is 1090. The lowest BCUT2D eigenvalue weighted by Crippen LogP contribution is -2.34. The highest BCUT2D eigenvalue weighted by molar-refractivity contribution is 7.89. The molecule has 4 rings (SSSR count). The van der Waals surface area contributed by atoms with Crippen molar-refractivity contribution in [2.45, 2.75) is 18.4 Å². The van der Waals surface area contributed by atoms with E-state index in [-0.39, 0.29) is 4.90 Å². The van der Waals surface area contributed by atoms with E-state index in [9.17, 15) is 8.42 Å². The van der Waals surface area contributed by atoms with Gasteiger partial charge >= 0.3 is 0 Å². The van der Waals surface area contributed by atoms with Crippen LogP contribution in [-0.2, 0) is 23.6 Å². The molecule has 7 nitrogen and oxygen atoms in total. The summed E-state index contributed by atoms with van der Waals surface area (Å²) in [5, 5.41) is 5.08. The summed E-state index contributed by atoms with van der Waals surface area (Å²) >= 11 is 0. The summed E-state index contributed by atoms with van der Waals surface area (Å²) in [6.07, 6.45) is 1.43. The lowest BCUT2D eigenvalue weighted by atomic mass is 10.1. The van der Waals surface area contributed by atoms with Crippen LogP contribution in [0.5, 0.6) is 0 Å². The fourth-order valence-corrected chi connectivity index (χ4v) is 4.83. The standard InChI is InChI=1S/C18H21N5O2S/c1-13-16-10-15(11-19-18(16)22(3)20-13)26(24,25)23-9-8-21(2)17-7-5-4-6-14(17)12-23/h4-7,10-11H,8-9,12H2,1-3H3. The fraction of sp³-hybridized carbons (Fsp3) is 0.333. The number of likely N-dealkylation sites (N-methyl/N-ethyl adjacent to an activating group) is 1. The molecular weight excluding hydrogens is 350 g/mol. The number of para-hydroxylation sites is 1. The number of aryl methyl sites for hydroxylation is 2. The van der Waals surface area contributed by atoms with Crippen LogP contribution in [0.25, 0.3) is 11.0 Å². The molecule has 0 spiro atoms. The second kappa shape index (κ2) is 6.07. The summed E-state index contributed by atoms with van der Waals surface area (Å²) < 4.78 is 29.7. The van der Waals surface area contributed by atoms with E-state index in [2.05, 4.69) is 15.0 Å². The van der Waals surface area contributed by atoms with Gasteiger partial charge in [0.05, 0.1) is 5.69 Å². The van der Waals surface area contributed by atoms with Crippen LogP contribution in [0.2, 0.25) is 0 Å². The number of fused-ring (bicyclic) bond motifs is 2. The SMILES string of the molecule is Cc1nn(C)c2ncc(S(=O)(=O)N3CCN(C)c4ccccc4C3)cc12. The summed E-state index contributed by atoms with van der Waals surface area (Å²) in [5.41, 5.74) is 3.53. The first-order valence-electron chi connectivity index (χ1n) is 8.46. The van der Waals surface area contributed by atoms with Gasteiger partial charge in [-0.1, -0.05) is 18.2 Å². The van der Waals surface area contributed by atoms with Crippen molar-refractivity contribution >= 4 is 26.7 Å². The average Bonchev–Trinajstić information content (AvgIpc) is 2.80. The largest absolute Gasteiger partial charge is 0.373 e. The smallest absolute Gasteiger partial charge is 0.244 e. The van der Waals surface area contributed by atoms with Crippen LogP contribution >= 0.6 is 0 Å². The Hall–Kier alpha value is -2.45. The second-order valence-electron chi connectivity index (χ2n) is 6.64. The van der Waals surface area contributed by atoms with Crippen LogP contribution in [0.3, 0.4) is 0 Å². The summed E-state index contributed by atoms with van der Waals surface area (Å²) in [7, 11) is 0.148. The third kappa shape index (κ3) is 2.65. The normalized spacial score (nSPS) is 15.9. The molecule has 26 heavy (non-hydrogen) atoms. The molecule has 3 heterocycles. The Labute approximate surface area is 152 Å². The number of benzene rings is 1. The van der Waals surface area contributed by atoms with Crippen molar-refractivity contribution in [3.05, 3.63) is 47.8 Å². The van der Waals surface area contributed by atoms with E-state index < -0.39 is 10.0 Å². The van der Waals surface area contributed by atoms with Crippen molar-refractivity contribution in [1.29, 1.82) is 0 Å². The highest BCUT2D eigenvalue weighted by Crippen LogP contribution is 2.28. The highest BCUT2D eigenvalue weighted by atomic mass is 32.2. The molecule has 0 saturated carbocycles. The fourth-order valence-electron chi connectivity index (χ4n) is 3.45. The molecule has 0 saturated heterocycles. The van der Waals surface area contributed by atoms with Crippen molar-refractivity contribution < 1.29 is 8.42 Å². The zero-order valence-corrected chi connectivity index (χ0v) is 15.9. The number of nitrogens with zero attached hydrogens (tertiary/aromatic N) is 5. The van der Waals surface area contributed by atoms with Crippen molar-refractivity contribution in [3.63, 3.8) is 0 Å². The van der Waals surface area contributed by atoms with Crippen LogP contribution in [-0.4, -0.2) is 47.6 Å². The van der Waals surface area contributed by atoms with Crippen LogP contribution in [0.4, 0.5) is 5.69 Å². The Morgan fingerprint density at radius 2 is 1.88 bits per heavy atom. The van der Waals surface area contributed by atoms with Gasteiger partial charge in [-0.05, 0) is 24.6 Å². The van der Waals surface area contributed by atoms with Crippen LogP contribution in [0.1, 0.15) is 11.3 Å². The van der Waals surface area contributed by atoms with Crippen molar-refractivity contribution in [3.8, 4) is 0 Å². The molecule has 0 aliphatic carbocycles. The van der Waals surface area contributed by atoms with Gasteiger partial charge in [-0.2, -0.15) is 9.40 Å². The molecular formula is C18H21N5O2S. The van der Waals surface area contributed by atoms with Gasteiger partial charge in [-0.3, -0.25) is 4.68 Å². The van der Waals surface area contributed by atoms with Gasteiger partial charge in [0, 0.05) is 51.0 Å². The summed E-state index contributed by atoms with van der Waals surface area (Å²) in [6.45, 7) is 3.28. The molecule has 0 atom stereocenters. The zero-order valence-electron chi connectivity index (χ0n) is 15.0. The van der Waals surface area contributed by atoms with E-state index in [1.165, 1.54) is 10.5 Å². The van der Waals surface area contributed by atoms with Gasteiger partial charge in [-0.25, -0.2) is 13.4 Å². The molecule has 0 bridgehead atoms. The van der Waals surface area contributed by atoms with E-state index in [4.69, 9.17) is 0 Å². The summed E-state index contributed by atoms with van der Waals surface area (Å²) in [6, 6.07) is 9.60. The highest BCUT2D eigenvalue weighted by Gasteiger charge is 2.29. The van der Waals surface area contributed by atoms with E-state index in [1.807, 2.05) is 38.2 Å². The predicted octanol–water partition coefficient (Wildman–Crippen LogP) is 1.92. The lowest BCUT2D eigenvalue weighted by molar-refractivity contribution is 0.420. The van der Waals surface area contributed by atoms with Crippen molar-refractivity contribution in [1.82, 2.24) is 19.1 Å². The third-order valence-electron chi connectivity index (χ3n) is 4.91. The number of aromatic nitrogens is 3. The lowest BCUT2D eigenvalue weighted by Gasteiger charge is -2.20. The number of rotatable bonds is 2. The van der Waals surface area contributed by atoms with Crippen molar-refractivity contribution in [2.24, 2.45) is 7.05 Å². The maximum Gasteiger partial charge on any atom is 0.244 e. The minimum Gasteiger partial charge on any atom is -0.373 e. The molecule has 8 heteroatoms. The average molecular weight is 371 g/mol. The van der Waals surface area contributed by atoms with Crippen LogP contribution in [0, 0.1) is 6.92 Å². The first-order chi connectivity index (χ1) is 12.4. The van der Waals surface area contributed by atoms with E-state index in [1.54, 1.807) is 17.8 Å². The quantitative estimate of drug-likeness (QED) is 0.688. The zero-order chi connectivity index (χ0) is 18.5. The van der Waals surface area contributed by atoms with Gasteiger partial charge in [0.15, 0.2) is 5.65 Å². The minimum absolute atomic E-state index is 0.211. The van der Waals surface area contributed by atoms with Crippen molar-refractivity contribution in [2.75, 3.05) is 25.0 Å². The van der Waals surface area contributed by atoms with Gasteiger partial charge in [0.1, 0.15) is 4.90 Å². The monoisotopic (exact) mass is 371 g/mol. The van der Waals surface area contributed by atoms with Crippen LogP contribution in [0.15, 0.2) is 41.4 Å². The third-order valence-corrected chi connectivity index (χ3v) is 6.72. The molecule has 0 fully saturated rings. The van der Waals surface area contributed by atoms with E-state index in [0.29, 0.717) is 25.3 Å². The molecule has 1 aromatic carbocycles. The number of pyridine rings is 1. The molecule has 3 aromatic rings. The molecule has 0 radical (unpaired) electrons. The van der Waals surface area contributed by atoms with E-state index >= 15 is 0 Å². The first kappa shape index (κ1) is 17.0.